The number of carbonyl (C=O) groups excluding carboxylic acids is 1. The number of carbonyl (C=O) groups is 1. The number of rotatable bonds is 2. The van der Waals surface area contributed by atoms with E-state index in [1.165, 1.54) is 6.07 Å². The molecule has 128 valence electrons. The molecule has 1 unspecified atom stereocenters. The summed E-state index contributed by atoms with van der Waals surface area (Å²) in [5.41, 5.74) is 1.64. The van der Waals surface area contributed by atoms with E-state index in [2.05, 4.69) is 10.2 Å². The third kappa shape index (κ3) is 2.87. The third-order valence-electron chi connectivity index (χ3n) is 4.34. The molecule has 4 rings (SSSR count). The summed E-state index contributed by atoms with van der Waals surface area (Å²) in [4.78, 5) is 14.4. The van der Waals surface area contributed by atoms with Crippen LogP contribution in [0.5, 0.6) is 0 Å². The molecule has 7 heteroatoms. The van der Waals surface area contributed by atoms with E-state index < -0.39 is 17.7 Å². The zero-order valence-corrected chi connectivity index (χ0v) is 13.2. The highest BCUT2D eigenvalue weighted by Crippen LogP contribution is 2.25. The van der Waals surface area contributed by atoms with Gasteiger partial charge in [-0.3, -0.25) is 9.89 Å². The summed E-state index contributed by atoms with van der Waals surface area (Å²) >= 11 is 0. The summed E-state index contributed by atoms with van der Waals surface area (Å²) in [5.74, 6) is -2.05. The van der Waals surface area contributed by atoms with Crippen LogP contribution < -0.4 is 0 Å². The number of amides is 1. The van der Waals surface area contributed by atoms with Gasteiger partial charge in [-0.2, -0.15) is 5.10 Å². The number of nitrogens with one attached hydrogen (secondary N) is 1. The van der Waals surface area contributed by atoms with Crippen molar-refractivity contribution >= 4 is 16.8 Å². The smallest absolute Gasteiger partial charge is 0.275 e. The fraction of sp³-hybridized carbons (Fsp3) is 0.222. The first kappa shape index (κ1) is 15.7. The van der Waals surface area contributed by atoms with Crippen molar-refractivity contribution in [2.24, 2.45) is 0 Å². The van der Waals surface area contributed by atoms with Crippen LogP contribution in [-0.2, 0) is 4.74 Å². The number of aromatic amines is 1. The van der Waals surface area contributed by atoms with Crippen molar-refractivity contribution in [2.45, 2.75) is 6.10 Å². The molecule has 2 aromatic carbocycles. The van der Waals surface area contributed by atoms with Crippen molar-refractivity contribution in [3.05, 3.63) is 65.4 Å². The lowest BCUT2D eigenvalue weighted by Crippen LogP contribution is -2.42. The Morgan fingerprint density at radius 2 is 2.04 bits per heavy atom. The van der Waals surface area contributed by atoms with Crippen LogP contribution in [0.25, 0.3) is 10.9 Å². The Hall–Kier alpha value is -2.80. The van der Waals surface area contributed by atoms with Gasteiger partial charge in [0.2, 0.25) is 0 Å². The Kier molecular flexibility index (Phi) is 3.93. The summed E-state index contributed by atoms with van der Waals surface area (Å²) in [6.45, 7) is 0.989. The van der Waals surface area contributed by atoms with Crippen LogP contribution in [-0.4, -0.2) is 40.7 Å². The molecule has 0 spiro atoms. The number of morpholine rings is 1. The van der Waals surface area contributed by atoms with Crippen molar-refractivity contribution in [1.82, 2.24) is 15.1 Å². The zero-order chi connectivity index (χ0) is 17.4. The Labute approximate surface area is 142 Å². The van der Waals surface area contributed by atoms with Gasteiger partial charge in [-0.15, -0.1) is 0 Å². The maximum atomic E-state index is 13.5. The Balaban J connectivity index is 1.58. The summed E-state index contributed by atoms with van der Waals surface area (Å²) < 4.78 is 32.2. The average Bonchev–Trinajstić information content (AvgIpc) is 3.07. The quantitative estimate of drug-likeness (QED) is 0.778. The number of para-hydroxylation sites is 1. The van der Waals surface area contributed by atoms with E-state index in [0.29, 0.717) is 24.4 Å². The van der Waals surface area contributed by atoms with Gasteiger partial charge in [-0.25, -0.2) is 8.78 Å². The minimum absolute atomic E-state index is 0.215. The van der Waals surface area contributed by atoms with E-state index in [0.717, 1.165) is 23.0 Å². The molecule has 0 aliphatic carbocycles. The molecule has 0 radical (unpaired) electrons. The topological polar surface area (TPSA) is 58.2 Å². The second kappa shape index (κ2) is 6.25. The Bertz CT molecular complexity index is 941. The summed E-state index contributed by atoms with van der Waals surface area (Å²) in [6, 6.07) is 11.0. The summed E-state index contributed by atoms with van der Waals surface area (Å²) in [6.07, 6.45) is -0.502. The lowest BCUT2D eigenvalue weighted by Gasteiger charge is -2.32. The summed E-state index contributed by atoms with van der Waals surface area (Å²) in [7, 11) is 0. The van der Waals surface area contributed by atoms with Gasteiger partial charge >= 0.3 is 0 Å². The van der Waals surface area contributed by atoms with Gasteiger partial charge in [0, 0.05) is 11.9 Å². The first-order valence-electron chi connectivity index (χ1n) is 7.92. The lowest BCUT2D eigenvalue weighted by molar-refractivity contribution is -0.0231. The summed E-state index contributed by atoms with van der Waals surface area (Å²) in [5, 5.41) is 7.73. The molecular weight excluding hydrogens is 328 g/mol. The van der Waals surface area contributed by atoms with Crippen molar-refractivity contribution in [1.29, 1.82) is 0 Å². The molecule has 1 amide bonds. The zero-order valence-electron chi connectivity index (χ0n) is 13.2. The maximum Gasteiger partial charge on any atom is 0.275 e. The van der Waals surface area contributed by atoms with Gasteiger partial charge < -0.3 is 9.64 Å². The normalized spacial score (nSPS) is 17.8. The van der Waals surface area contributed by atoms with Gasteiger partial charge in [-0.05, 0) is 23.8 Å². The number of halogens is 2. The van der Waals surface area contributed by atoms with E-state index >= 15 is 0 Å². The molecule has 1 N–H and O–H groups in total. The van der Waals surface area contributed by atoms with Crippen molar-refractivity contribution in [3.63, 3.8) is 0 Å². The monoisotopic (exact) mass is 343 g/mol. The number of hydrogen-bond donors (Lipinski definition) is 1. The first-order chi connectivity index (χ1) is 12.1. The van der Waals surface area contributed by atoms with Gasteiger partial charge in [0.15, 0.2) is 17.3 Å². The molecule has 1 saturated heterocycles. The SMILES string of the molecule is O=C(c1n[nH]c2ccccc12)N1CCOC(c2ccc(F)c(F)c2)C1. The molecule has 0 bridgehead atoms. The van der Waals surface area contributed by atoms with Crippen LogP contribution in [0.15, 0.2) is 42.5 Å². The highest BCUT2D eigenvalue weighted by molar-refractivity contribution is 6.04. The van der Waals surface area contributed by atoms with Crippen LogP contribution in [0.3, 0.4) is 0 Å². The first-order valence-corrected chi connectivity index (χ1v) is 7.92. The number of nitrogens with zero attached hydrogens (tertiary/aromatic N) is 2. The van der Waals surface area contributed by atoms with Gasteiger partial charge in [0.05, 0.1) is 18.7 Å². The minimum atomic E-state index is -0.928. The van der Waals surface area contributed by atoms with E-state index in [1.807, 2.05) is 24.3 Å². The number of fused-ring (bicyclic) bond motifs is 1. The van der Waals surface area contributed by atoms with E-state index in [-0.39, 0.29) is 12.5 Å². The molecule has 1 aromatic heterocycles. The molecule has 2 heterocycles. The second-order valence-electron chi connectivity index (χ2n) is 5.90. The number of benzene rings is 2. The van der Waals surface area contributed by atoms with Crippen LogP contribution >= 0.6 is 0 Å². The predicted octanol–water partition coefficient (Wildman–Crippen LogP) is 3.05. The average molecular weight is 343 g/mol. The van der Waals surface area contributed by atoms with Crippen LogP contribution in [0.4, 0.5) is 8.78 Å². The number of ether oxygens (including phenoxy) is 1. The molecule has 3 aromatic rings. The lowest BCUT2D eigenvalue weighted by atomic mass is 10.1. The minimum Gasteiger partial charge on any atom is -0.370 e. The fourth-order valence-corrected chi connectivity index (χ4v) is 3.02. The fourth-order valence-electron chi connectivity index (χ4n) is 3.02. The van der Waals surface area contributed by atoms with Crippen molar-refractivity contribution in [3.8, 4) is 0 Å². The molecular formula is C18H15F2N3O2. The largest absolute Gasteiger partial charge is 0.370 e. The third-order valence-corrected chi connectivity index (χ3v) is 4.34. The highest BCUT2D eigenvalue weighted by atomic mass is 19.2. The molecule has 1 fully saturated rings. The number of aromatic nitrogens is 2. The molecule has 1 aliphatic rings. The van der Waals surface area contributed by atoms with E-state index in [9.17, 15) is 13.6 Å². The standard InChI is InChI=1S/C18H15F2N3O2/c19-13-6-5-11(9-14(13)20)16-10-23(7-8-25-16)18(24)17-12-3-1-2-4-15(12)21-22-17/h1-6,9,16H,7-8,10H2,(H,21,22). The Morgan fingerprint density at radius 1 is 1.20 bits per heavy atom. The molecule has 0 saturated carbocycles. The van der Waals surface area contributed by atoms with Gasteiger partial charge in [-0.1, -0.05) is 24.3 Å². The van der Waals surface area contributed by atoms with E-state index in [4.69, 9.17) is 4.74 Å². The van der Waals surface area contributed by atoms with E-state index in [1.54, 1.807) is 4.90 Å². The van der Waals surface area contributed by atoms with Gasteiger partial charge in [0.1, 0.15) is 6.10 Å². The Morgan fingerprint density at radius 3 is 2.88 bits per heavy atom. The molecule has 1 atom stereocenters. The van der Waals surface area contributed by atoms with Crippen molar-refractivity contribution in [2.75, 3.05) is 19.7 Å². The van der Waals surface area contributed by atoms with Gasteiger partial charge in [0.25, 0.3) is 5.91 Å². The second-order valence-corrected chi connectivity index (χ2v) is 5.90. The molecule has 5 nitrogen and oxygen atoms in total. The molecule has 1 aliphatic heterocycles. The number of hydrogen-bond acceptors (Lipinski definition) is 3. The highest BCUT2D eigenvalue weighted by Gasteiger charge is 2.28. The van der Waals surface area contributed by atoms with Crippen molar-refractivity contribution < 1.29 is 18.3 Å². The van der Waals surface area contributed by atoms with Crippen LogP contribution in [0.1, 0.15) is 22.2 Å². The molecule has 25 heavy (non-hydrogen) atoms. The predicted molar refractivity (Wildman–Crippen MR) is 87.0 cm³/mol. The number of H-pyrrole nitrogens is 1. The van der Waals surface area contributed by atoms with Crippen LogP contribution in [0.2, 0.25) is 0 Å². The van der Waals surface area contributed by atoms with Crippen LogP contribution in [0, 0.1) is 11.6 Å². The maximum absolute atomic E-state index is 13.5.